The Kier molecular flexibility index (Phi) is 9.96. The maximum absolute atomic E-state index is 13.8. The number of amides is 2. The Morgan fingerprint density at radius 2 is 1.86 bits per heavy atom. The molecule has 2 aromatic rings. The number of likely N-dealkylation sites (tertiary alicyclic amines) is 1. The number of hydrogen-bond donors (Lipinski definition) is 2. The molecule has 0 bridgehead atoms. The third-order valence-corrected chi connectivity index (χ3v) is 9.47. The Morgan fingerprint density at radius 3 is 2.56 bits per heavy atom. The lowest BCUT2D eigenvalue weighted by Gasteiger charge is -2.51. The minimum absolute atomic E-state index is 0.00447. The molecule has 2 atom stereocenters. The molecule has 0 aromatic heterocycles. The van der Waals surface area contributed by atoms with Crippen molar-refractivity contribution in [3.8, 4) is 6.07 Å². The number of nitrogens with zero attached hydrogens (tertiary/aromatic N) is 5. The first-order valence-electron chi connectivity index (χ1n) is 15.4. The van der Waals surface area contributed by atoms with Gasteiger partial charge in [0.25, 0.3) is 5.91 Å². The molecule has 1 aliphatic carbocycles. The molecule has 2 heterocycles. The molecule has 2 amide bonds. The number of nitriles is 1. The molecular weight excluding hydrogens is 549 g/mol. The van der Waals surface area contributed by atoms with Gasteiger partial charge in [-0.15, -0.1) is 0 Å². The number of carboxylic acid groups (broad SMARTS) is 1. The lowest BCUT2D eigenvalue weighted by Crippen LogP contribution is -2.66. The number of carbonyl (C=O) groups is 2. The summed E-state index contributed by atoms with van der Waals surface area (Å²) in [5.41, 5.74) is 4.30. The minimum atomic E-state index is -0.911. The van der Waals surface area contributed by atoms with E-state index in [1.54, 1.807) is 23.1 Å². The van der Waals surface area contributed by atoms with Gasteiger partial charge in [-0.25, -0.2) is 9.18 Å². The highest BCUT2D eigenvalue weighted by atomic mass is 19.1. The molecule has 1 unspecified atom stereocenters. The number of hydrogen-bond acceptors (Lipinski definition) is 6. The van der Waals surface area contributed by atoms with Gasteiger partial charge in [0.15, 0.2) is 0 Å². The van der Waals surface area contributed by atoms with E-state index in [9.17, 15) is 29.5 Å². The SMILES string of the molecule is CN(C[C@@H](CCN1CC(N2CCN(C(=O)O)CC2CCO)C1)c1ccc(F)cc1)C(=O)c1cc(C#N)cc2c1CCCC2. The highest BCUT2D eigenvalue weighted by molar-refractivity contribution is 5.96. The van der Waals surface area contributed by atoms with Crippen molar-refractivity contribution in [1.29, 1.82) is 5.26 Å². The van der Waals surface area contributed by atoms with Crippen LogP contribution >= 0.6 is 0 Å². The van der Waals surface area contributed by atoms with Gasteiger partial charge in [-0.3, -0.25) is 9.69 Å². The number of aliphatic hydroxyl groups is 1. The van der Waals surface area contributed by atoms with Crippen molar-refractivity contribution in [2.24, 2.45) is 0 Å². The van der Waals surface area contributed by atoms with Crippen LogP contribution in [-0.2, 0) is 12.8 Å². The normalized spacial score (nSPS) is 20.1. The third kappa shape index (κ3) is 7.18. The third-order valence-electron chi connectivity index (χ3n) is 9.47. The number of carbonyl (C=O) groups excluding carboxylic acids is 1. The summed E-state index contributed by atoms with van der Waals surface area (Å²) in [6, 6.07) is 12.7. The van der Waals surface area contributed by atoms with Gasteiger partial charge < -0.3 is 24.9 Å². The molecule has 9 nitrogen and oxygen atoms in total. The van der Waals surface area contributed by atoms with Crippen molar-refractivity contribution in [2.45, 2.75) is 56.5 Å². The standard InChI is InChI=1S/C33H42FN5O4/c1-36(32(41)31-17-23(18-35)16-25-4-2-3-5-30(25)31)19-26(24-6-8-27(34)9-7-24)10-12-37-20-29(21-37)39-14-13-38(33(42)43)22-28(39)11-15-40/h6-9,16-17,26,28-29,40H,2-5,10-15,19-22H2,1H3,(H,42,43)/t26-,28?/m1/s1. The van der Waals surface area contributed by atoms with Crippen molar-refractivity contribution >= 4 is 12.0 Å². The van der Waals surface area contributed by atoms with E-state index in [2.05, 4.69) is 15.9 Å². The summed E-state index contributed by atoms with van der Waals surface area (Å²) < 4.78 is 13.8. The lowest BCUT2D eigenvalue weighted by molar-refractivity contribution is -0.0314. The van der Waals surface area contributed by atoms with Crippen molar-refractivity contribution in [2.75, 3.05) is 59.5 Å². The second-order valence-corrected chi connectivity index (χ2v) is 12.2. The van der Waals surface area contributed by atoms with E-state index in [4.69, 9.17) is 0 Å². The van der Waals surface area contributed by atoms with E-state index in [0.717, 1.165) is 68.4 Å². The first-order chi connectivity index (χ1) is 20.8. The van der Waals surface area contributed by atoms with Crippen LogP contribution in [0.3, 0.4) is 0 Å². The quantitative estimate of drug-likeness (QED) is 0.435. The predicted octanol–water partition coefficient (Wildman–Crippen LogP) is 3.55. The molecule has 5 rings (SSSR count). The van der Waals surface area contributed by atoms with E-state index in [1.165, 1.54) is 17.0 Å². The molecule has 10 heteroatoms. The molecule has 43 heavy (non-hydrogen) atoms. The van der Waals surface area contributed by atoms with Crippen molar-refractivity contribution < 1.29 is 24.2 Å². The van der Waals surface area contributed by atoms with Gasteiger partial charge in [-0.2, -0.15) is 5.26 Å². The summed E-state index contributed by atoms with van der Waals surface area (Å²) in [6.07, 6.45) is 4.26. The van der Waals surface area contributed by atoms with E-state index in [0.29, 0.717) is 49.8 Å². The Labute approximate surface area is 253 Å². The summed E-state index contributed by atoms with van der Waals surface area (Å²) in [5.74, 6) is -0.371. The number of aliphatic hydroxyl groups excluding tert-OH is 1. The smallest absolute Gasteiger partial charge is 0.407 e. The molecular formula is C33H42FN5O4. The van der Waals surface area contributed by atoms with Crippen LogP contribution in [0.5, 0.6) is 0 Å². The number of rotatable bonds is 10. The predicted molar refractivity (Wildman–Crippen MR) is 161 cm³/mol. The van der Waals surface area contributed by atoms with E-state index in [-0.39, 0.29) is 30.3 Å². The zero-order valence-electron chi connectivity index (χ0n) is 24.9. The lowest BCUT2D eigenvalue weighted by atomic mass is 9.86. The van der Waals surface area contributed by atoms with Gasteiger partial charge >= 0.3 is 6.09 Å². The Hall–Kier alpha value is -3.52. The zero-order valence-corrected chi connectivity index (χ0v) is 24.9. The number of likely N-dealkylation sites (N-methyl/N-ethyl adjacent to an activating group) is 1. The molecule has 0 spiro atoms. The van der Waals surface area contributed by atoms with Gasteiger partial charge in [0, 0.05) is 76.5 Å². The fourth-order valence-corrected chi connectivity index (χ4v) is 7.04. The average Bonchev–Trinajstić information content (AvgIpc) is 2.99. The van der Waals surface area contributed by atoms with Crippen LogP contribution in [0.15, 0.2) is 36.4 Å². The number of halogens is 1. The topological polar surface area (TPSA) is 111 Å². The van der Waals surface area contributed by atoms with Gasteiger partial charge in [0.1, 0.15) is 5.82 Å². The molecule has 3 aliphatic rings. The molecule has 2 aromatic carbocycles. The van der Waals surface area contributed by atoms with Gasteiger partial charge in [0.05, 0.1) is 11.6 Å². The summed E-state index contributed by atoms with van der Waals surface area (Å²) in [6.45, 7) is 4.61. The monoisotopic (exact) mass is 591 g/mol. The minimum Gasteiger partial charge on any atom is -0.465 e. The molecule has 2 aliphatic heterocycles. The maximum Gasteiger partial charge on any atom is 0.407 e. The maximum atomic E-state index is 13.8. The Morgan fingerprint density at radius 1 is 1.12 bits per heavy atom. The van der Waals surface area contributed by atoms with E-state index >= 15 is 0 Å². The number of fused-ring (bicyclic) bond motifs is 1. The zero-order chi connectivity index (χ0) is 30.5. The van der Waals surface area contributed by atoms with Crippen molar-refractivity contribution in [3.05, 3.63) is 70.0 Å². The average molecular weight is 592 g/mol. The second-order valence-electron chi connectivity index (χ2n) is 12.2. The summed E-state index contributed by atoms with van der Waals surface area (Å²) in [7, 11) is 1.81. The van der Waals surface area contributed by atoms with Crippen LogP contribution in [-0.4, -0.2) is 113 Å². The van der Waals surface area contributed by atoms with Crippen LogP contribution in [0, 0.1) is 17.1 Å². The molecule has 2 saturated heterocycles. The number of piperazine rings is 1. The summed E-state index contributed by atoms with van der Waals surface area (Å²) in [5, 5.41) is 28.5. The largest absolute Gasteiger partial charge is 0.465 e. The first kappa shape index (κ1) is 30.9. The van der Waals surface area contributed by atoms with Crippen LogP contribution in [0.1, 0.15) is 64.2 Å². The molecule has 2 N–H and O–H groups in total. The highest BCUT2D eigenvalue weighted by Crippen LogP contribution is 2.29. The Bertz CT molecular complexity index is 1340. The van der Waals surface area contributed by atoms with Crippen LogP contribution in [0.2, 0.25) is 0 Å². The molecule has 0 saturated carbocycles. The van der Waals surface area contributed by atoms with Gasteiger partial charge in [0.2, 0.25) is 0 Å². The van der Waals surface area contributed by atoms with Crippen LogP contribution in [0.4, 0.5) is 9.18 Å². The number of aryl methyl sites for hydroxylation is 1. The molecule has 0 radical (unpaired) electrons. The second kappa shape index (κ2) is 13.8. The molecule has 2 fully saturated rings. The van der Waals surface area contributed by atoms with Crippen LogP contribution < -0.4 is 0 Å². The fourth-order valence-electron chi connectivity index (χ4n) is 7.04. The number of benzene rings is 2. The van der Waals surface area contributed by atoms with E-state index in [1.807, 2.05) is 13.1 Å². The van der Waals surface area contributed by atoms with Crippen molar-refractivity contribution in [1.82, 2.24) is 19.6 Å². The van der Waals surface area contributed by atoms with Crippen molar-refractivity contribution in [3.63, 3.8) is 0 Å². The van der Waals surface area contributed by atoms with Gasteiger partial charge in [-0.05, 0) is 86.0 Å². The fraction of sp³-hybridized carbons (Fsp3) is 0.545. The molecule has 230 valence electrons. The Balaban J connectivity index is 1.23. The van der Waals surface area contributed by atoms with Crippen LogP contribution in [0.25, 0.3) is 0 Å². The first-order valence-corrected chi connectivity index (χ1v) is 15.4. The summed E-state index contributed by atoms with van der Waals surface area (Å²) >= 11 is 0. The highest BCUT2D eigenvalue weighted by Gasteiger charge is 2.39. The van der Waals surface area contributed by atoms with E-state index < -0.39 is 6.09 Å². The summed E-state index contributed by atoms with van der Waals surface area (Å²) in [4.78, 5) is 33.1. The van der Waals surface area contributed by atoms with Gasteiger partial charge in [-0.1, -0.05) is 12.1 Å².